The summed E-state index contributed by atoms with van der Waals surface area (Å²) in [6.07, 6.45) is 0.424. The summed E-state index contributed by atoms with van der Waals surface area (Å²) < 4.78 is 4.66. The Morgan fingerprint density at radius 2 is 1.75 bits per heavy atom. The van der Waals surface area contributed by atoms with Gasteiger partial charge in [-0.2, -0.15) is 0 Å². The summed E-state index contributed by atoms with van der Waals surface area (Å²) in [6, 6.07) is 23.0. The maximum atomic E-state index is 12.8. The van der Waals surface area contributed by atoms with Crippen LogP contribution in [-0.2, 0) is 4.74 Å². The van der Waals surface area contributed by atoms with Crippen LogP contribution in [0.4, 0.5) is 21.9 Å². The molecule has 1 atom stereocenters. The summed E-state index contributed by atoms with van der Waals surface area (Å²) in [6.45, 7) is 1.52. The molecule has 0 bridgehead atoms. The number of nitrogen functional groups attached to an aromatic ring is 1. The van der Waals surface area contributed by atoms with Gasteiger partial charge in [0.1, 0.15) is 0 Å². The number of carbonyl (C=O) groups is 2. The first-order valence-corrected chi connectivity index (χ1v) is 10.5. The van der Waals surface area contributed by atoms with Crippen molar-refractivity contribution in [3.63, 3.8) is 0 Å². The highest BCUT2D eigenvalue weighted by atomic mass is 16.5. The smallest absolute Gasteiger partial charge is 0.407 e. The first kappa shape index (κ1) is 21.2. The van der Waals surface area contributed by atoms with Gasteiger partial charge in [0.2, 0.25) is 0 Å². The van der Waals surface area contributed by atoms with Crippen molar-refractivity contribution in [3.05, 3.63) is 78.4 Å². The van der Waals surface area contributed by atoms with Crippen LogP contribution in [0.15, 0.2) is 72.8 Å². The van der Waals surface area contributed by atoms with Gasteiger partial charge in [0.15, 0.2) is 0 Å². The van der Waals surface area contributed by atoms with E-state index in [9.17, 15) is 9.59 Å². The van der Waals surface area contributed by atoms with Crippen molar-refractivity contribution < 1.29 is 14.3 Å². The van der Waals surface area contributed by atoms with Gasteiger partial charge in [-0.1, -0.05) is 36.4 Å². The summed E-state index contributed by atoms with van der Waals surface area (Å²) >= 11 is 0. The van der Waals surface area contributed by atoms with Crippen molar-refractivity contribution in [2.24, 2.45) is 0 Å². The Bertz CT molecular complexity index is 1100. The minimum absolute atomic E-state index is 0.0466. The molecule has 0 aliphatic carbocycles. The molecule has 3 aromatic carbocycles. The van der Waals surface area contributed by atoms with Crippen LogP contribution in [0.1, 0.15) is 16.8 Å². The third-order valence-electron chi connectivity index (χ3n) is 5.60. The highest BCUT2D eigenvalue weighted by Gasteiger charge is 2.24. The first-order valence-electron chi connectivity index (χ1n) is 10.5. The van der Waals surface area contributed by atoms with Crippen molar-refractivity contribution in [3.8, 4) is 11.1 Å². The van der Waals surface area contributed by atoms with Crippen molar-refractivity contribution in [1.82, 2.24) is 5.32 Å². The van der Waals surface area contributed by atoms with Crippen molar-refractivity contribution in [2.45, 2.75) is 12.5 Å². The van der Waals surface area contributed by atoms with Gasteiger partial charge in [-0.15, -0.1) is 0 Å². The molecule has 2 amide bonds. The SMILES string of the molecule is COC(=O)NC1CCN(c2ccc(C(=O)Nc3cc(-c4ccccc4)ccc3N)cc2)C1. The lowest BCUT2D eigenvalue weighted by atomic mass is 10.0. The number of hydrogen-bond donors (Lipinski definition) is 3. The number of nitrogens with one attached hydrogen (secondary N) is 2. The van der Waals surface area contributed by atoms with Crippen LogP contribution in [0.2, 0.25) is 0 Å². The minimum Gasteiger partial charge on any atom is -0.453 e. The van der Waals surface area contributed by atoms with E-state index in [-0.39, 0.29) is 11.9 Å². The molecule has 32 heavy (non-hydrogen) atoms. The van der Waals surface area contributed by atoms with E-state index in [1.165, 1.54) is 7.11 Å². The fourth-order valence-corrected chi connectivity index (χ4v) is 3.83. The highest BCUT2D eigenvalue weighted by molar-refractivity contribution is 6.06. The Labute approximate surface area is 187 Å². The van der Waals surface area contributed by atoms with E-state index in [1.807, 2.05) is 54.6 Å². The average Bonchev–Trinajstić information content (AvgIpc) is 3.29. The molecule has 0 spiro atoms. The number of carbonyl (C=O) groups excluding carboxylic acids is 2. The molecule has 1 unspecified atom stereocenters. The lowest BCUT2D eigenvalue weighted by Crippen LogP contribution is -2.36. The quantitative estimate of drug-likeness (QED) is 0.529. The fraction of sp³-hybridized carbons (Fsp3) is 0.200. The molecule has 1 heterocycles. The van der Waals surface area contributed by atoms with Crippen molar-refractivity contribution in [2.75, 3.05) is 36.1 Å². The van der Waals surface area contributed by atoms with E-state index >= 15 is 0 Å². The second kappa shape index (κ2) is 9.43. The number of nitrogens with zero attached hydrogens (tertiary/aromatic N) is 1. The second-order valence-electron chi connectivity index (χ2n) is 7.74. The zero-order chi connectivity index (χ0) is 22.5. The number of nitrogens with two attached hydrogens (primary N) is 1. The maximum Gasteiger partial charge on any atom is 0.407 e. The van der Waals surface area contributed by atoms with E-state index in [4.69, 9.17) is 5.73 Å². The van der Waals surface area contributed by atoms with Crippen molar-refractivity contribution >= 4 is 29.1 Å². The van der Waals surface area contributed by atoms with Gasteiger partial charge >= 0.3 is 6.09 Å². The van der Waals surface area contributed by atoms with E-state index < -0.39 is 6.09 Å². The topological polar surface area (TPSA) is 96.7 Å². The lowest BCUT2D eigenvalue weighted by Gasteiger charge is -2.19. The van der Waals surface area contributed by atoms with Crippen LogP contribution < -0.4 is 21.3 Å². The largest absolute Gasteiger partial charge is 0.453 e. The molecular formula is C25H26N4O3. The molecule has 3 aromatic rings. The molecular weight excluding hydrogens is 404 g/mol. The Morgan fingerprint density at radius 3 is 2.47 bits per heavy atom. The standard InChI is InChI=1S/C25H26N4O3/c1-32-25(31)27-20-13-14-29(16-20)21-10-7-18(8-11-21)24(30)28-23-15-19(9-12-22(23)26)17-5-3-2-4-6-17/h2-12,15,20H,13-14,16,26H2,1H3,(H,27,31)(H,28,30). The van der Waals surface area contributed by atoms with Gasteiger partial charge in [0.05, 0.1) is 24.5 Å². The van der Waals surface area contributed by atoms with Gasteiger partial charge in [0.25, 0.3) is 5.91 Å². The molecule has 0 saturated carbocycles. The molecule has 1 fully saturated rings. The number of anilines is 3. The number of benzene rings is 3. The van der Waals surface area contributed by atoms with E-state index in [0.717, 1.165) is 29.8 Å². The van der Waals surface area contributed by atoms with Crippen molar-refractivity contribution in [1.29, 1.82) is 0 Å². The number of amides is 2. The predicted molar refractivity (Wildman–Crippen MR) is 127 cm³/mol. The normalized spacial score (nSPS) is 15.3. The molecule has 0 aromatic heterocycles. The molecule has 1 aliphatic heterocycles. The van der Waals surface area contributed by atoms with Gasteiger partial charge in [-0.3, -0.25) is 4.79 Å². The third-order valence-corrected chi connectivity index (χ3v) is 5.60. The van der Waals surface area contributed by atoms with E-state index in [1.54, 1.807) is 18.2 Å². The molecule has 1 saturated heterocycles. The van der Waals surface area contributed by atoms with Gasteiger partial charge in [-0.25, -0.2) is 4.79 Å². The summed E-state index contributed by atoms with van der Waals surface area (Å²) in [5.41, 5.74) is 10.8. The summed E-state index contributed by atoms with van der Waals surface area (Å²) in [5, 5.41) is 5.75. The predicted octanol–water partition coefficient (Wildman–Crippen LogP) is 4.12. The number of ether oxygens (including phenoxy) is 1. The summed E-state index contributed by atoms with van der Waals surface area (Å²) in [5.74, 6) is -0.222. The van der Waals surface area contributed by atoms with Crippen LogP contribution in [0.3, 0.4) is 0 Å². The Hall–Kier alpha value is -4.00. The maximum absolute atomic E-state index is 12.8. The summed E-state index contributed by atoms with van der Waals surface area (Å²) in [7, 11) is 1.36. The Morgan fingerprint density at radius 1 is 1.00 bits per heavy atom. The molecule has 0 radical (unpaired) electrons. The van der Waals surface area contributed by atoms with Crippen LogP contribution in [0.25, 0.3) is 11.1 Å². The molecule has 164 valence electrons. The van der Waals surface area contributed by atoms with Crippen LogP contribution >= 0.6 is 0 Å². The van der Waals surface area contributed by atoms with Gasteiger partial charge < -0.3 is 26.0 Å². The Kier molecular flexibility index (Phi) is 6.26. The molecule has 7 heteroatoms. The third kappa shape index (κ3) is 4.83. The Balaban J connectivity index is 1.42. The first-order chi connectivity index (χ1) is 15.5. The van der Waals surface area contributed by atoms with Crippen LogP contribution in [0.5, 0.6) is 0 Å². The number of alkyl carbamates (subject to hydrolysis) is 1. The van der Waals surface area contributed by atoms with Crippen LogP contribution in [0, 0.1) is 0 Å². The van der Waals surface area contributed by atoms with E-state index in [2.05, 4.69) is 20.3 Å². The molecule has 7 nitrogen and oxygen atoms in total. The zero-order valence-corrected chi connectivity index (χ0v) is 17.9. The molecule has 4 N–H and O–H groups in total. The number of hydrogen-bond acceptors (Lipinski definition) is 5. The number of methoxy groups -OCH3 is 1. The van der Waals surface area contributed by atoms with Crippen LogP contribution in [-0.4, -0.2) is 38.2 Å². The fourth-order valence-electron chi connectivity index (χ4n) is 3.83. The second-order valence-corrected chi connectivity index (χ2v) is 7.74. The average molecular weight is 431 g/mol. The zero-order valence-electron chi connectivity index (χ0n) is 17.9. The van der Waals surface area contributed by atoms with E-state index in [0.29, 0.717) is 23.5 Å². The molecule has 1 aliphatic rings. The summed E-state index contributed by atoms with van der Waals surface area (Å²) in [4.78, 5) is 26.4. The van der Waals surface area contributed by atoms with Gasteiger partial charge in [0, 0.05) is 24.3 Å². The molecule has 4 rings (SSSR count). The van der Waals surface area contributed by atoms with Gasteiger partial charge in [-0.05, 0) is 53.9 Å². The minimum atomic E-state index is -0.417. The monoisotopic (exact) mass is 430 g/mol. The highest BCUT2D eigenvalue weighted by Crippen LogP contribution is 2.28. The lowest BCUT2D eigenvalue weighted by molar-refractivity contribution is 0.102. The number of rotatable bonds is 5.